The molecule has 2 N–H and O–H groups in total. The van der Waals surface area contributed by atoms with Gasteiger partial charge in [-0.05, 0) is 49.7 Å². The molecule has 0 bridgehead atoms. The number of aromatic nitrogens is 1. The predicted octanol–water partition coefficient (Wildman–Crippen LogP) is 3.12. The number of hydrogen-bond acceptors (Lipinski definition) is 6. The second-order valence-electron chi connectivity index (χ2n) is 8.92. The Bertz CT molecular complexity index is 1350. The summed E-state index contributed by atoms with van der Waals surface area (Å²) in [6.45, 7) is 3.11. The number of aromatic hydroxyl groups is 1. The van der Waals surface area contributed by atoms with Crippen LogP contribution in [0.25, 0.3) is 10.9 Å². The molecule has 2 aromatic carbocycles. The number of fused-ring (bicyclic) bond motifs is 1. The van der Waals surface area contributed by atoms with Gasteiger partial charge >= 0.3 is 0 Å². The normalized spacial score (nSPS) is 16.5. The summed E-state index contributed by atoms with van der Waals surface area (Å²) in [5.41, 5.74) is 3.48. The molecule has 10 heteroatoms. The summed E-state index contributed by atoms with van der Waals surface area (Å²) in [5.74, 6) is -1.05. The highest BCUT2D eigenvalue weighted by Gasteiger charge is 2.28. The average Bonchev–Trinajstić information content (AvgIpc) is 3.65. The van der Waals surface area contributed by atoms with Gasteiger partial charge in [-0.3, -0.25) is 9.59 Å². The lowest BCUT2D eigenvalue weighted by molar-refractivity contribution is 0.0953. The molecule has 2 heterocycles. The van der Waals surface area contributed by atoms with Crippen LogP contribution >= 0.6 is 12.4 Å². The minimum Gasteiger partial charge on any atom is -0.508 e. The zero-order valence-electron chi connectivity index (χ0n) is 19.3. The number of anilines is 1. The number of likely N-dealkylation sites (N-methyl/N-ethyl adjacent to an activating group) is 1. The van der Waals surface area contributed by atoms with Crippen LogP contribution in [0.2, 0.25) is 0 Å². The number of piperazine rings is 1. The lowest BCUT2D eigenvalue weighted by Crippen LogP contribution is -2.44. The average molecular weight is 500 g/mol. The van der Waals surface area contributed by atoms with Crippen LogP contribution < -0.4 is 15.8 Å². The Morgan fingerprint density at radius 3 is 2.60 bits per heavy atom. The summed E-state index contributed by atoms with van der Waals surface area (Å²) >= 11 is 0. The highest BCUT2D eigenvalue weighted by molar-refractivity contribution is 5.98. The molecule has 3 aromatic rings. The summed E-state index contributed by atoms with van der Waals surface area (Å²) in [5, 5.41) is 13.6. The summed E-state index contributed by atoms with van der Waals surface area (Å²) < 4.78 is 17.1. The smallest absolute Gasteiger partial charge is 0.276 e. The zero-order valence-corrected chi connectivity index (χ0v) is 20.1. The molecule has 0 unspecified atom stereocenters. The van der Waals surface area contributed by atoms with Crippen molar-refractivity contribution in [3.63, 3.8) is 0 Å². The van der Waals surface area contributed by atoms with E-state index < -0.39 is 17.2 Å². The van der Waals surface area contributed by atoms with E-state index in [-0.39, 0.29) is 35.1 Å². The number of phenols is 1. The van der Waals surface area contributed by atoms with E-state index in [1.807, 2.05) is 16.5 Å². The van der Waals surface area contributed by atoms with Gasteiger partial charge in [-0.1, -0.05) is 12.1 Å². The molecule has 2 aliphatic rings. The van der Waals surface area contributed by atoms with Crippen LogP contribution in [0, 0.1) is 5.82 Å². The number of benzene rings is 2. The predicted molar refractivity (Wildman–Crippen MR) is 137 cm³/mol. The molecule has 35 heavy (non-hydrogen) atoms. The van der Waals surface area contributed by atoms with Gasteiger partial charge in [-0.25, -0.2) is 9.82 Å². The highest BCUT2D eigenvalue weighted by atomic mass is 35.5. The fourth-order valence-corrected chi connectivity index (χ4v) is 4.30. The summed E-state index contributed by atoms with van der Waals surface area (Å²) in [7, 11) is 2.04. The van der Waals surface area contributed by atoms with E-state index in [9.17, 15) is 14.7 Å². The van der Waals surface area contributed by atoms with E-state index in [0.29, 0.717) is 29.9 Å². The third-order valence-corrected chi connectivity index (χ3v) is 6.38. The Morgan fingerprint density at radius 2 is 1.91 bits per heavy atom. The number of carbonyl (C=O) groups is 1. The molecule has 5 rings (SSSR count). The van der Waals surface area contributed by atoms with E-state index in [1.165, 1.54) is 24.4 Å². The number of carbonyl (C=O) groups excluding carboxylic acids is 1. The molecule has 1 saturated heterocycles. The number of amides is 1. The van der Waals surface area contributed by atoms with E-state index in [2.05, 4.69) is 15.4 Å². The van der Waals surface area contributed by atoms with Crippen LogP contribution in [-0.2, 0) is 0 Å². The fraction of sp³-hybridized carbons (Fsp3) is 0.320. The molecule has 0 atom stereocenters. The number of nitrogens with one attached hydrogen (secondary N) is 1. The maximum Gasteiger partial charge on any atom is 0.276 e. The molecule has 184 valence electrons. The summed E-state index contributed by atoms with van der Waals surface area (Å²) in [6.07, 6.45) is 4.82. The fourth-order valence-electron chi connectivity index (χ4n) is 4.30. The quantitative estimate of drug-likeness (QED) is 0.416. The van der Waals surface area contributed by atoms with Gasteiger partial charge < -0.3 is 19.5 Å². The number of hydrazone groups is 1. The van der Waals surface area contributed by atoms with Crippen molar-refractivity contribution >= 4 is 41.1 Å². The minimum atomic E-state index is -0.666. The zero-order chi connectivity index (χ0) is 23.8. The van der Waals surface area contributed by atoms with E-state index >= 15 is 4.39 Å². The van der Waals surface area contributed by atoms with Crippen LogP contribution in [0.4, 0.5) is 10.1 Å². The van der Waals surface area contributed by atoms with Crippen molar-refractivity contribution in [2.45, 2.75) is 18.9 Å². The van der Waals surface area contributed by atoms with Gasteiger partial charge in [0.15, 0.2) is 0 Å². The van der Waals surface area contributed by atoms with Gasteiger partial charge in [0.05, 0.1) is 17.4 Å². The third-order valence-electron chi connectivity index (χ3n) is 6.38. The lowest BCUT2D eigenvalue weighted by Gasteiger charge is -2.34. The summed E-state index contributed by atoms with van der Waals surface area (Å²) in [4.78, 5) is 30.2. The Morgan fingerprint density at radius 1 is 1.17 bits per heavy atom. The van der Waals surface area contributed by atoms with Gasteiger partial charge in [-0.2, -0.15) is 5.10 Å². The molecule has 1 aliphatic heterocycles. The van der Waals surface area contributed by atoms with Crippen molar-refractivity contribution in [3.8, 4) is 5.75 Å². The minimum absolute atomic E-state index is 0. The molecule has 2 fully saturated rings. The lowest BCUT2D eigenvalue weighted by atomic mass is 10.1. The SMILES string of the molecule is CN1CCN(c2cc3c(cc2F)c(=O)c(C(=O)N/N=C\c2cccc(O)c2)cn3C2CC2)CC1.Cl. The Balaban J connectivity index is 0.00000289. The summed E-state index contributed by atoms with van der Waals surface area (Å²) in [6, 6.07) is 9.57. The van der Waals surface area contributed by atoms with Crippen LogP contribution in [0.15, 0.2) is 52.5 Å². The number of nitrogens with zero attached hydrogens (tertiary/aromatic N) is 4. The first kappa shape index (κ1) is 24.7. The molecule has 1 aromatic heterocycles. The standard InChI is InChI=1S/C25H26FN5O3.ClH/c1-29-7-9-30(10-8-29)23-13-22-19(12-21(23)26)24(33)20(15-31(22)17-5-6-17)25(34)28-27-14-16-3-2-4-18(32)11-16;/h2-4,11-15,17,32H,5-10H2,1H3,(H,28,34);1H/b27-14-;. The van der Waals surface area contributed by atoms with E-state index in [4.69, 9.17) is 0 Å². The van der Waals surface area contributed by atoms with Crippen LogP contribution in [0.3, 0.4) is 0 Å². The number of pyridine rings is 1. The van der Waals surface area contributed by atoms with Crippen LogP contribution in [0.1, 0.15) is 34.8 Å². The third kappa shape index (κ3) is 5.16. The Kier molecular flexibility index (Phi) is 7.09. The van der Waals surface area contributed by atoms with Gasteiger partial charge in [-0.15, -0.1) is 12.4 Å². The first-order valence-corrected chi connectivity index (χ1v) is 11.3. The maximum absolute atomic E-state index is 15.1. The van der Waals surface area contributed by atoms with Crippen LogP contribution in [-0.4, -0.2) is 59.9 Å². The molecular formula is C25H27ClFN5O3. The molecule has 1 aliphatic carbocycles. The van der Waals surface area contributed by atoms with Crippen molar-refractivity contribution in [1.29, 1.82) is 0 Å². The number of halogens is 2. The van der Waals surface area contributed by atoms with Gasteiger partial charge in [0.25, 0.3) is 5.91 Å². The van der Waals surface area contributed by atoms with Crippen molar-refractivity contribution < 1.29 is 14.3 Å². The van der Waals surface area contributed by atoms with Crippen molar-refractivity contribution in [2.75, 3.05) is 38.1 Å². The maximum atomic E-state index is 15.1. The second-order valence-corrected chi connectivity index (χ2v) is 8.92. The number of phenolic OH excluding ortho intramolecular Hbond substituents is 1. The second kappa shape index (κ2) is 10.1. The number of hydrogen-bond donors (Lipinski definition) is 2. The van der Waals surface area contributed by atoms with Crippen LogP contribution in [0.5, 0.6) is 5.75 Å². The van der Waals surface area contributed by atoms with E-state index in [1.54, 1.807) is 24.4 Å². The Labute approximate surface area is 208 Å². The molecule has 1 amide bonds. The molecule has 1 saturated carbocycles. The van der Waals surface area contributed by atoms with Gasteiger partial charge in [0, 0.05) is 43.8 Å². The molecule has 0 spiro atoms. The van der Waals surface area contributed by atoms with Crippen molar-refractivity contribution in [3.05, 3.63) is 69.8 Å². The topological polar surface area (TPSA) is 90.2 Å². The van der Waals surface area contributed by atoms with Gasteiger partial charge in [0.2, 0.25) is 5.43 Å². The molecular weight excluding hydrogens is 473 g/mol. The van der Waals surface area contributed by atoms with E-state index in [0.717, 1.165) is 25.9 Å². The first-order chi connectivity index (χ1) is 16.4. The monoisotopic (exact) mass is 499 g/mol. The van der Waals surface area contributed by atoms with Crippen molar-refractivity contribution in [2.24, 2.45) is 5.10 Å². The van der Waals surface area contributed by atoms with Crippen molar-refractivity contribution in [1.82, 2.24) is 14.9 Å². The number of rotatable bonds is 5. The highest BCUT2D eigenvalue weighted by Crippen LogP contribution is 2.38. The largest absolute Gasteiger partial charge is 0.508 e. The molecule has 0 radical (unpaired) electrons. The van der Waals surface area contributed by atoms with Gasteiger partial charge in [0.1, 0.15) is 17.1 Å². The first-order valence-electron chi connectivity index (χ1n) is 11.3. The molecule has 8 nitrogen and oxygen atoms in total. The Hall–Kier alpha value is -3.43.